The summed E-state index contributed by atoms with van der Waals surface area (Å²) < 4.78 is 16.6. The van der Waals surface area contributed by atoms with Crippen LogP contribution in [0.15, 0.2) is 65.0 Å². The smallest absolute Gasteiger partial charge is 0.337 e. The zero-order valence-electron chi connectivity index (χ0n) is 21.3. The van der Waals surface area contributed by atoms with Gasteiger partial charge >= 0.3 is 5.97 Å². The molecule has 2 aromatic rings. The van der Waals surface area contributed by atoms with Crippen molar-refractivity contribution < 1.29 is 23.8 Å². The number of hydrogen-bond acceptors (Lipinski definition) is 6. The number of carbonyl (C=O) groups is 2. The molecule has 1 aliphatic carbocycles. The molecule has 1 aliphatic heterocycles. The first-order valence-electron chi connectivity index (χ1n) is 12.2. The monoisotopic (exact) mass is 509 g/mol. The van der Waals surface area contributed by atoms with Crippen LogP contribution in [-0.4, -0.2) is 32.1 Å². The Labute approximate surface area is 217 Å². The van der Waals surface area contributed by atoms with Gasteiger partial charge in [0, 0.05) is 34.3 Å². The lowest BCUT2D eigenvalue weighted by molar-refractivity contribution is -0.144. The van der Waals surface area contributed by atoms with Gasteiger partial charge in [0.15, 0.2) is 17.3 Å². The van der Waals surface area contributed by atoms with E-state index in [-0.39, 0.29) is 17.8 Å². The molecule has 2 aliphatic rings. The Bertz CT molecular complexity index is 1250. The van der Waals surface area contributed by atoms with Gasteiger partial charge in [0.25, 0.3) is 0 Å². The number of dihydropyridines is 1. The van der Waals surface area contributed by atoms with Gasteiger partial charge in [0.05, 0.1) is 25.9 Å². The van der Waals surface area contributed by atoms with Crippen LogP contribution in [0.25, 0.3) is 0 Å². The highest BCUT2D eigenvalue weighted by molar-refractivity contribution is 6.31. The summed E-state index contributed by atoms with van der Waals surface area (Å²) in [5, 5.41) is 3.89. The van der Waals surface area contributed by atoms with Gasteiger partial charge in [-0.1, -0.05) is 42.8 Å². The molecule has 2 aromatic carbocycles. The molecule has 6 nitrogen and oxygen atoms in total. The average Bonchev–Trinajstić information content (AvgIpc) is 2.87. The Hall–Kier alpha value is -3.25. The van der Waals surface area contributed by atoms with E-state index in [0.29, 0.717) is 52.6 Å². The summed E-state index contributed by atoms with van der Waals surface area (Å²) in [4.78, 5) is 27.1. The predicted octanol–water partition coefficient (Wildman–Crippen LogP) is 6.06. The number of halogens is 1. The molecular formula is C29H32ClNO5. The zero-order chi connectivity index (χ0) is 26.0. The highest BCUT2D eigenvalue weighted by Gasteiger charge is 2.42. The highest BCUT2D eigenvalue weighted by atomic mass is 35.5. The third-order valence-corrected chi connectivity index (χ3v) is 7.37. The summed E-state index contributed by atoms with van der Waals surface area (Å²) in [6.45, 7) is 5.67. The van der Waals surface area contributed by atoms with Crippen LogP contribution in [0, 0.1) is 0 Å². The lowest BCUT2D eigenvalue weighted by atomic mass is 9.71. The third kappa shape index (κ3) is 4.87. The molecule has 7 heteroatoms. The van der Waals surface area contributed by atoms with E-state index in [9.17, 15) is 9.59 Å². The number of nitrogens with one attached hydrogen (secondary N) is 1. The van der Waals surface area contributed by atoms with E-state index in [1.807, 2.05) is 57.2 Å². The van der Waals surface area contributed by atoms with Crippen molar-refractivity contribution in [1.82, 2.24) is 5.32 Å². The number of methoxy groups -OCH3 is 2. The summed E-state index contributed by atoms with van der Waals surface area (Å²) >= 11 is 6.62. The van der Waals surface area contributed by atoms with Gasteiger partial charge < -0.3 is 19.5 Å². The van der Waals surface area contributed by atoms with E-state index in [4.69, 9.17) is 25.8 Å². The molecule has 1 heterocycles. The number of benzene rings is 2. The highest BCUT2D eigenvalue weighted by Crippen LogP contribution is 2.47. The summed E-state index contributed by atoms with van der Waals surface area (Å²) in [6.07, 6.45) is 1.38. The number of esters is 1. The molecule has 36 heavy (non-hydrogen) atoms. The Morgan fingerprint density at radius 2 is 1.83 bits per heavy atom. The molecule has 0 spiro atoms. The first-order chi connectivity index (χ1) is 17.3. The van der Waals surface area contributed by atoms with Crippen molar-refractivity contribution in [2.75, 3.05) is 14.2 Å². The summed E-state index contributed by atoms with van der Waals surface area (Å²) in [5.41, 5.74) is 4.22. The van der Waals surface area contributed by atoms with E-state index in [1.165, 1.54) is 0 Å². The van der Waals surface area contributed by atoms with Crippen LogP contribution >= 0.6 is 11.6 Å². The second-order valence-electron chi connectivity index (χ2n) is 9.28. The fraction of sp³-hybridized carbons (Fsp3) is 0.379. The van der Waals surface area contributed by atoms with Gasteiger partial charge in [-0.25, -0.2) is 4.79 Å². The van der Waals surface area contributed by atoms with Gasteiger partial charge in [0.2, 0.25) is 0 Å². The number of ketones is 1. The second-order valence-corrected chi connectivity index (χ2v) is 9.68. The minimum absolute atomic E-state index is 0.0187. The van der Waals surface area contributed by atoms with Gasteiger partial charge in [-0.3, -0.25) is 4.79 Å². The summed E-state index contributed by atoms with van der Waals surface area (Å²) in [5.74, 6) is 0.178. The lowest BCUT2D eigenvalue weighted by Crippen LogP contribution is -2.36. The van der Waals surface area contributed by atoms with Crippen molar-refractivity contribution in [3.63, 3.8) is 0 Å². The molecule has 4 rings (SSSR count). The molecule has 1 N–H and O–H groups in total. The van der Waals surface area contributed by atoms with Gasteiger partial charge in [-0.05, 0) is 61.9 Å². The van der Waals surface area contributed by atoms with Gasteiger partial charge in [-0.2, -0.15) is 0 Å². The predicted molar refractivity (Wildman–Crippen MR) is 139 cm³/mol. The minimum atomic E-state index is -0.592. The fourth-order valence-corrected chi connectivity index (χ4v) is 5.25. The molecule has 0 aromatic heterocycles. The van der Waals surface area contributed by atoms with E-state index < -0.39 is 11.9 Å². The van der Waals surface area contributed by atoms with Crippen LogP contribution in [0.1, 0.15) is 63.0 Å². The molecule has 0 unspecified atom stereocenters. The van der Waals surface area contributed by atoms with Crippen molar-refractivity contribution in [1.29, 1.82) is 0 Å². The summed E-state index contributed by atoms with van der Waals surface area (Å²) in [7, 11) is 3.19. The maximum atomic E-state index is 13.8. The van der Waals surface area contributed by atoms with E-state index in [1.54, 1.807) is 20.3 Å². The van der Waals surface area contributed by atoms with Crippen molar-refractivity contribution in [3.05, 3.63) is 81.2 Å². The van der Waals surface area contributed by atoms with Gasteiger partial charge in [0.1, 0.15) is 0 Å². The maximum Gasteiger partial charge on any atom is 0.337 e. The van der Waals surface area contributed by atoms with Crippen molar-refractivity contribution >= 4 is 23.4 Å². The van der Waals surface area contributed by atoms with Crippen molar-refractivity contribution in [2.24, 2.45) is 0 Å². The second kappa shape index (κ2) is 10.8. The molecule has 0 fully saturated rings. The third-order valence-electron chi connectivity index (χ3n) is 7.03. The quantitative estimate of drug-likeness (QED) is 0.457. The van der Waals surface area contributed by atoms with Crippen LogP contribution in [0.3, 0.4) is 0 Å². The fourth-order valence-electron chi connectivity index (χ4n) is 5.00. The van der Waals surface area contributed by atoms with Crippen LogP contribution in [0.4, 0.5) is 0 Å². The first kappa shape index (κ1) is 25.8. The van der Waals surface area contributed by atoms with Crippen molar-refractivity contribution in [3.8, 4) is 11.5 Å². The average molecular weight is 510 g/mol. The van der Waals surface area contributed by atoms with Crippen LogP contribution in [-0.2, 0) is 14.3 Å². The van der Waals surface area contributed by atoms with Crippen LogP contribution in [0.5, 0.6) is 11.5 Å². The maximum absolute atomic E-state index is 13.8. The number of Topliss-reactive ketones (excluding diaryl/α,β-unsaturated/α-hetero) is 1. The first-order valence-corrected chi connectivity index (χ1v) is 12.6. The Morgan fingerprint density at radius 1 is 1.11 bits per heavy atom. The Morgan fingerprint density at radius 3 is 2.50 bits per heavy atom. The lowest BCUT2D eigenvalue weighted by Gasteiger charge is -2.37. The van der Waals surface area contributed by atoms with E-state index >= 15 is 0 Å². The molecule has 0 radical (unpaired) electrons. The molecule has 190 valence electrons. The number of carbonyl (C=O) groups excluding carboxylic acids is 2. The number of hydrogen-bond donors (Lipinski definition) is 1. The topological polar surface area (TPSA) is 73.9 Å². The molecule has 0 amide bonds. The normalized spacial score (nSPS) is 20.4. The number of ether oxygens (including phenoxy) is 3. The number of allylic oxidation sites excluding steroid dienone is 3. The van der Waals surface area contributed by atoms with E-state index in [2.05, 4.69) is 5.32 Å². The van der Waals surface area contributed by atoms with Crippen LogP contribution in [0.2, 0.25) is 5.02 Å². The Balaban J connectivity index is 1.77. The number of rotatable bonds is 7. The molecule has 0 saturated carbocycles. The van der Waals surface area contributed by atoms with Gasteiger partial charge in [-0.15, -0.1) is 0 Å². The molecule has 0 saturated heterocycles. The minimum Gasteiger partial charge on any atom is -0.493 e. The van der Waals surface area contributed by atoms with Crippen molar-refractivity contribution in [2.45, 2.75) is 58.0 Å². The molecule has 3 atom stereocenters. The van der Waals surface area contributed by atoms with E-state index in [0.717, 1.165) is 16.8 Å². The largest absolute Gasteiger partial charge is 0.493 e. The standard InChI is InChI=1S/C29H32ClNO5/c1-6-16(2)36-29(33)26-17(3)31-22-13-19(18-11-12-24(34-4)25(15-18)35-5)14-23(32)28(22)27(26)20-9-7-8-10-21(20)30/h7-12,15-16,19,27,31H,6,13-14H2,1-5H3/t16-,19-,27-/m0/s1. The van der Waals surface area contributed by atoms with Crippen LogP contribution < -0.4 is 14.8 Å². The Kier molecular flexibility index (Phi) is 7.74. The summed E-state index contributed by atoms with van der Waals surface area (Å²) in [6, 6.07) is 13.1. The zero-order valence-corrected chi connectivity index (χ0v) is 22.1. The SMILES string of the molecule is CC[C@H](C)OC(=O)C1=C(C)NC2=C(C(=O)C[C@@H](c3ccc(OC)c(OC)c3)C2)[C@H]1c1ccccc1Cl. The molecule has 0 bridgehead atoms. The molecular weight excluding hydrogens is 478 g/mol.